The summed E-state index contributed by atoms with van der Waals surface area (Å²) in [6.45, 7) is 4.20. The van der Waals surface area contributed by atoms with Crippen LogP contribution in [0.1, 0.15) is 41.4 Å². The lowest BCUT2D eigenvalue weighted by molar-refractivity contribution is -0.129. The molecule has 1 heterocycles. The highest BCUT2D eigenvalue weighted by atomic mass is 32.1. The Labute approximate surface area is 140 Å². The molecule has 0 aliphatic rings. The van der Waals surface area contributed by atoms with Crippen LogP contribution in [0.3, 0.4) is 0 Å². The maximum Gasteiger partial charge on any atom is 0.349 e. The van der Waals surface area contributed by atoms with Crippen LogP contribution in [0.4, 0.5) is 0 Å². The van der Waals surface area contributed by atoms with Crippen LogP contribution in [-0.2, 0) is 9.53 Å². The van der Waals surface area contributed by atoms with Crippen molar-refractivity contribution in [2.24, 2.45) is 0 Å². The Morgan fingerprint density at radius 2 is 1.91 bits per heavy atom. The van der Waals surface area contributed by atoms with Gasteiger partial charge in [-0.1, -0.05) is 43.3 Å². The molecule has 1 aromatic heterocycles. The third kappa shape index (κ3) is 4.93. The van der Waals surface area contributed by atoms with Crippen molar-refractivity contribution in [2.45, 2.75) is 32.3 Å². The van der Waals surface area contributed by atoms with Crippen molar-refractivity contribution >= 4 is 23.2 Å². The van der Waals surface area contributed by atoms with Gasteiger partial charge in [0, 0.05) is 12.5 Å². The first-order chi connectivity index (χ1) is 11.1. The third-order valence-electron chi connectivity index (χ3n) is 3.66. The maximum absolute atomic E-state index is 12.1. The Morgan fingerprint density at radius 3 is 2.52 bits per heavy atom. The molecule has 122 valence electrons. The number of esters is 1. The monoisotopic (exact) mass is 331 g/mol. The summed E-state index contributed by atoms with van der Waals surface area (Å²) in [5.74, 6) is -0.484. The van der Waals surface area contributed by atoms with Gasteiger partial charge in [-0.3, -0.25) is 4.79 Å². The van der Waals surface area contributed by atoms with Gasteiger partial charge in [0.15, 0.2) is 6.10 Å². The Kier molecular flexibility index (Phi) is 6.35. The van der Waals surface area contributed by atoms with E-state index in [1.165, 1.54) is 16.9 Å². The molecule has 5 heteroatoms. The molecule has 0 unspecified atom stereocenters. The van der Waals surface area contributed by atoms with E-state index >= 15 is 0 Å². The highest BCUT2D eigenvalue weighted by Gasteiger charge is 2.20. The molecule has 0 fully saturated rings. The second-order valence-corrected chi connectivity index (χ2v) is 6.23. The van der Waals surface area contributed by atoms with Crippen LogP contribution in [0.2, 0.25) is 0 Å². The van der Waals surface area contributed by atoms with Crippen molar-refractivity contribution in [3.63, 3.8) is 0 Å². The predicted molar refractivity (Wildman–Crippen MR) is 91.7 cm³/mol. The lowest BCUT2D eigenvalue weighted by Crippen LogP contribution is -2.37. The van der Waals surface area contributed by atoms with E-state index in [4.69, 9.17) is 4.74 Å². The number of rotatable bonds is 7. The van der Waals surface area contributed by atoms with E-state index in [0.29, 0.717) is 11.4 Å². The van der Waals surface area contributed by atoms with Gasteiger partial charge in [0.1, 0.15) is 4.88 Å². The lowest BCUT2D eigenvalue weighted by atomic mass is 9.96. The van der Waals surface area contributed by atoms with Crippen molar-refractivity contribution in [2.75, 3.05) is 6.54 Å². The Morgan fingerprint density at radius 1 is 1.17 bits per heavy atom. The zero-order chi connectivity index (χ0) is 16.7. The van der Waals surface area contributed by atoms with Crippen LogP contribution < -0.4 is 5.32 Å². The van der Waals surface area contributed by atoms with Gasteiger partial charge in [-0.25, -0.2) is 4.79 Å². The molecule has 2 atom stereocenters. The molecular formula is C18H21NO3S. The Balaban J connectivity index is 1.84. The van der Waals surface area contributed by atoms with Crippen molar-refractivity contribution in [1.29, 1.82) is 0 Å². The van der Waals surface area contributed by atoms with Crippen LogP contribution in [0.15, 0.2) is 47.8 Å². The summed E-state index contributed by atoms with van der Waals surface area (Å²) in [6, 6.07) is 13.5. The summed E-state index contributed by atoms with van der Waals surface area (Å²) in [5.41, 5.74) is 1.19. The van der Waals surface area contributed by atoms with Crippen LogP contribution in [-0.4, -0.2) is 24.5 Å². The van der Waals surface area contributed by atoms with Crippen LogP contribution in [0, 0.1) is 0 Å². The molecule has 0 radical (unpaired) electrons. The van der Waals surface area contributed by atoms with E-state index in [1.54, 1.807) is 24.4 Å². The summed E-state index contributed by atoms with van der Waals surface area (Å²) in [4.78, 5) is 24.5. The van der Waals surface area contributed by atoms with Gasteiger partial charge in [-0.05, 0) is 30.4 Å². The zero-order valence-electron chi connectivity index (χ0n) is 13.3. The van der Waals surface area contributed by atoms with E-state index in [-0.39, 0.29) is 11.8 Å². The molecule has 2 rings (SSSR count). The third-order valence-corrected chi connectivity index (χ3v) is 4.51. The number of thiophene rings is 1. The van der Waals surface area contributed by atoms with Gasteiger partial charge in [0.05, 0.1) is 0 Å². The van der Waals surface area contributed by atoms with E-state index in [9.17, 15) is 9.59 Å². The van der Waals surface area contributed by atoms with Crippen LogP contribution >= 0.6 is 11.3 Å². The summed E-state index contributed by atoms with van der Waals surface area (Å²) in [6.07, 6.45) is 0.117. The Bertz CT molecular complexity index is 625. The van der Waals surface area contributed by atoms with Gasteiger partial charge in [-0.15, -0.1) is 11.3 Å². The average Bonchev–Trinajstić information content (AvgIpc) is 3.10. The van der Waals surface area contributed by atoms with Gasteiger partial charge in [0.25, 0.3) is 5.91 Å². The number of hydrogen-bond donors (Lipinski definition) is 1. The second-order valence-electron chi connectivity index (χ2n) is 5.29. The summed E-state index contributed by atoms with van der Waals surface area (Å²) >= 11 is 1.30. The highest BCUT2D eigenvalue weighted by Crippen LogP contribution is 2.18. The molecule has 4 nitrogen and oxygen atoms in total. The molecule has 0 aliphatic heterocycles. The molecule has 0 spiro atoms. The van der Waals surface area contributed by atoms with E-state index in [0.717, 1.165) is 6.42 Å². The van der Waals surface area contributed by atoms with Crippen molar-refractivity contribution in [3.05, 3.63) is 58.3 Å². The minimum Gasteiger partial charge on any atom is -0.448 e. The van der Waals surface area contributed by atoms with E-state index in [2.05, 4.69) is 24.4 Å². The minimum atomic E-state index is -0.808. The molecule has 23 heavy (non-hydrogen) atoms. The topological polar surface area (TPSA) is 55.4 Å². The van der Waals surface area contributed by atoms with Gasteiger partial charge < -0.3 is 10.1 Å². The quantitative estimate of drug-likeness (QED) is 0.789. The fourth-order valence-corrected chi connectivity index (χ4v) is 2.86. The number of hydrogen-bond acceptors (Lipinski definition) is 4. The van der Waals surface area contributed by atoms with Crippen molar-refractivity contribution < 1.29 is 14.3 Å². The molecule has 1 amide bonds. The molecule has 1 aromatic carbocycles. The molecular weight excluding hydrogens is 310 g/mol. The van der Waals surface area contributed by atoms with Gasteiger partial charge in [-0.2, -0.15) is 0 Å². The zero-order valence-corrected chi connectivity index (χ0v) is 14.1. The first-order valence-corrected chi connectivity index (χ1v) is 8.57. The SMILES string of the molecule is CC[C@@H](CNC(=O)[C@H](C)OC(=O)c1cccs1)c1ccccc1. The molecule has 0 bridgehead atoms. The Hall–Kier alpha value is -2.14. The minimum absolute atomic E-state index is 0.250. The first-order valence-electron chi connectivity index (χ1n) is 7.69. The van der Waals surface area contributed by atoms with E-state index < -0.39 is 12.1 Å². The first kappa shape index (κ1) is 17.2. The van der Waals surface area contributed by atoms with Crippen molar-refractivity contribution in [1.82, 2.24) is 5.32 Å². The number of ether oxygens (including phenoxy) is 1. The lowest BCUT2D eigenvalue weighted by Gasteiger charge is -2.18. The van der Waals surface area contributed by atoms with Crippen molar-refractivity contribution in [3.8, 4) is 0 Å². The molecule has 0 saturated carbocycles. The normalized spacial score (nSPS) is 13.1. The number of carbonyl (C=O) groups is 2. The molecule has 1 N–H and O–H groups in total. The highest BCUT2D eigenvalue weighted by molar-refractivity contribution is 7.11. The number of amides is 1. The maximum atomic E-state index is 12.1. The summed E-state index contributed by atoms with van der Waals surface area (Å²) in [5, 5.41) is 4.67. The van der Waals surface area contributed by atoms with Crippen LogP contribution in [0.5, 0.6) is 0 Å². The average molecular weight is 331 g/mol. The van der Waals surface area contributed by atoms with Gasteiger partial charge in [0.2, 0.25) is 0 Å². The van der Waals surface area contributed by atoms with Crippen LogP contribution in [0.25, 0.3) is 0 Å². The number of benzene rings is 1. The fraction of sp³-hybridized carbons (Fsp3) is 0.333. The second kappa shape index (κ2) is 8.48. The molecule has 0 aliphatic carbocycles. The smallest absolute Gasteiger partial charge is 0.349 e. The summed E-state index contributed by atoms with van der Waals surface area (Å²) < 4.78 is 5.19. The standard InChI is InChI=1S/C18H21NO3S/c1-3-14(15-8-5-4-6-9-15)12-19-17(20)13(2)22-18(21)16-10-7-11-23-16/h4-11,13-14H,3,12H2,1-2H3,(H,19,20)/t13-,14-/m0/s1. The molecule has 2 aromatic rings. The fourth-order valence-electron chi connectivity index (χ4n) is 2.26. The summed E-state index contributed by atoms with van der Waals surface area (Å²) in [7, 11) is 0. The van der Waals surface area contributed by atoms with Gasteiger partial charge >= 0.3 is 5.97 Å². The predicted octanol–water partition coefficient (Wildman–Crippen LogP) is 3.60. The largest absolute Gasteiger partial charge is 0.448 e. The van der Waals surface area contributed by atoms with E-state index in [1.807, 2.05) is 18.2 Å². The molecule has 0 saturated heterocycles. The number of nitrogens with one attached hydrogen (secondary N) is 1. The number of carbonyl (C=O) groups excluding carboxylic acids is 2.